The van der Waals surface area contributed by atoms with E-state index in [1.165, 1.54) is 24.4 Å². The highest BCUT2D eigenvalue weighted by Gasteiger charge is 2.27. The molecule has 0 saturated heterocycles. The Hall–Kier alpha value is -1.53. The van der Waals surface area contributed by atoms with Crippen LogP contribution in [0, 0.1) is 5.53 Å². The largest absolute Gasteiger partial charge is 0.390 e. The van der Waals surface area contributed by atoms with Gasteiger partial charge in [0.1, 0.15) is 5.70 Å². The lowest BCUT2D eigenvalue weighted by atomic mass is 10.1. The predicted octanol–water partition coefficient (Wildman–Crippen LogP) is 3.73. The highest BCUT2D eigenvalue weighted by atomic mass is 35.5. The molecule has 0 heterocycles. The lowest BCUT2D eigenvalue weighted by Gasteiger charge is -2.14. The third kappa shape index (κ3) is 3.75. The number of anilines is 1. The number of nitrogens with one attached hydrogen (secondary N) is 2. The second-order valence-corrected chi connectivity index (χ2v) is 4.04. The smallest absolute Gasteiger partial charge is 0.272 e. The zero-order valence-corrected chi connectivity index (χ0v) is 10.3. The van der Waals surface area contributed by atoms with Gasteiger partial charge in [-0.25, -0.2) is 14.3 Å². The second-order valence-electron chi connectivity index (χ2n) is 3.63. The average molecular weight is 276 g/mol. The fraction of sp³-hybridized carbons (Fsp3) is 0.273. The first-order valence-electron chi connectivity index (χ1n) is 5.00. The summed E-state index contributed by atoms with van der Waals surface area (Å²) in [6.45, 7) is 0.340. The van der Waals surface area contributed by atoms with Gasteiger partial charge in [-0.1, -0.05) is 11.6 Å². The standard InChI is InChI=1S/C11H12ClF2N3O/c1-11(13,14)9-4-7(2-3-10(9)12)16-5-8(6-18)17-15/h2-5,15-16,18H,6H2,1H3/b8-5-,17-15?. The van der Waals surface area contributed by atoms with Gasteiger partial charge in [-0.3, -0.25) is 0 Å². The monoisotopic (exact) mass is 275 g/mol. The van der Waals surface area contributed by atoms with E-state index in [1.807, 2.05) is 0 Å². The number of aliphatic hydroxyl groups is 1. The summed E-state index contributed by atoms with van der Waals surface area (Å²) in [6, 6.07) is 4.06. The van der Waals surface area contributed by atoms with Crippen LogP contribution in [0.15, 0.2) is 35.2 Å². The van der Waals surface area contributed by atoms with Gasteiger partial charge in [0.15, 0.2) is 0 Å². The average Bonchev–Trinajstić information content (AvgIpc) is 2.31. The van der Waals surface area contributed by atoms with Gasteiger partial charge in [0.05, 0.1) is 6.61 Å². The minimum absolute atomic E-state index is 0.0235. The molecule has 3 N–H and O–H groups in total. The Morgan fingerprint density at radius 3 is 2.78 bits per heavy atom. The van der Waals surface area contributed by atoms with Gasteiger partial charge in [-0.05, 0) is 18.2 Å². The second kappa shape index (κ2) is 5.88. The first-order chi connectivity index (χ1) is 8.38. The van der Waals surface area contributed by atoms with Crippen LogP contribution in [0.2, 0.25) is 5.02 Å². The van der Waals surface area contributed by atoms with Gasteiger partial charge in [-0.2, -0.15) is 5.11 Å². The molecular weight excluding hydrogens is 264 g/mol. The minimum atomic E-state index is -3.04. The van der Waals surface area contributed by atoms with E-state index >= 15 is 0 Å². The van der Waals surface area contributed by atoms with Crippen LogP contribution in [0.5, 0.6) is 0 Å². The Labute approximate surface area is 108 Å². The van der Waals surface area contributed by atoms with E-state index in [0.29, 0.717) is 5.69 Å². The molecule has 18 heavy (non-hydrogen) atoms. The highest BCUT2D eigenvalue weighted by Crippen LogP contribution is 2.34. The van der Waals surface area contributed by atoms with Crippen LogP contribution in [-0.4, -0.2) is 11.7 Å². The van der Waals surface area contributed by atoms with E-state index in [4.69, 9.17) is 22.2 Å². The molecule has 0 aliphatic carbocycles. The molecule has 1 aromatic carbocycles. The molecular formula is C11H12ClF2N3O. The summed E-state index contributed by atoms with van der Waals surface area (Å²) in [5.74, 6) is -3.04. The summed E-state index contributed by atoms with van der Waals surface area (Å²) < 4.78 is 26.4. The third-order valence-corrected chi connectivity index (χ3v) is 2.48. The zero-order valence-electron chi connectivity index (χ0n) is 9.54. The maximum atomic E-state index is 13.2. The molecule has 98 valence electrons. The summed E-state index contributed by atoms with van der Waals surface area (Å²) in [5, 5.41) is 14.4. The first kappa shape index (κ1) is 14.5. The Morgan fingerprint density at radius 1 is 1.61 bits per heavy atom. The Morgan fingerprint density at radius 2 is 2.28 bits per heavy atom. The van der Waals surface area contributed by atoms with Crippen LogP contribution >= 0.6 is 11.6 Å². The molecule has 0 radical (unpaired) electrons. The van der Waals surface area contributed by atoms with Gasteiger partial charge in [-0.15, -0.1) is 0 Å². The molecule has 0 unspecified atom stereocenters. The Kier molecular flexibility index (Phi) is 4.75. The van der Waals surface area contributed by atoms with Crippen molar-refractivity contribution >= 4 is 17.3 Å². The van der Waals surface area contributed by atoms with Crippen molar-refractivity contribution in [2.75, 3.05) is 11.9 Å². The van der Waals surface area contributed by atoms with Crippen molar-refractivity contribution < 1.29 is 13.9 Å². The number of rotatable bonds is 5. The molecule has 0 aromatic heterocycles. The maximum Gasteiger partial charge on any atom is 0.272 e. The topological polar surface area (TPSA) is 68.5 Å². The van der Waals surface area contributed by atoms with Crippen LogP contribution in [-0.2, 0) is 5.92 Å². The first-order valence-corrected chi connectivity index (χ1v) is 5.38. The van der Waals surface area contributed by atoms with Crippen LogP contribution in [0.25, 0.3) is 0 Å². The van der Waals surface area contributed by atoms with Crippen LogP contribution in [0.1, 0.15) is 12.5 Å². The highest BCUT2D eigenvalue weighted by molar-refractivity contribution is 6.31. The molecule has 0 spiro atoms. The molecule has 1 aromatic rings. The molecule has 0 aliphatic heterocycles. The van der Waals surface area contributed by atoms with Crippen molar-refractivity contribution in [3.63, 3.8) is 0 Å². The third-order valence-electron chi connectivity index (χ3n) is 2.15. The molecule has 0 atom stereocenters. The summed E-state index contributed by atoms with van der Waals surface area (Å²) in [4.78, 5) is 0. The lowest BCUT2D eigenvalue weighted by molar-refractivity contribution is 0.0176. The van der Waals surface area contributed by atoms with Crippen molar-refractivity contribution in [1.82, 2.24) is 0 Å². The quantitative estimate of drug-likeness (QED) is 0.717. The van der Waals surface area contributed by atoms with Crippen LogP contribution in [0.4, 0.5) is 14.5 Å². The minimum Gasteiger partial charge on any atom is -0.390 e. The fourth-order valence-corrected chi connectivity index (χ4v) is 1.51. The summed E-state index contributed by atoms with van der Waals surface area (Å²) in [6.07, 6.45) is 1.26. The summed E-state index contributed by atoms with van der Waals surface area (Å²) in [5.41, 5.74) is 6.87. The molecule has 1 rings (SSSR count). The Balaban J connectivity index is 2.99. The van der Waals surface area contributed by atoms with Crippen molar-refractivity contribution in [1.29, 1.82) is 5.53 Å². The number of hydrogen-bond donors (Lipinski definition) is 3. The number of alkyl halides is 2. The SMILES string of the molecule is CC(F)(F)c1cc(N/C=C(/CO)N=N)ccc1Cl. The molecule has 0 amide bonds. The van der Waals surface area contributed by atoms with E-state index < -0.39 is 12.5 Å². The Bertz CT molecular complexity index is 472. The predicted molar refractivity (Wildman–Crippen MR) is 65.0 cm³/mol. The zero-order chi connectivity index (χ0) is 13.8. The number of benzene rings is 1. The molecule has 4 nitrogen and oxygen atoms in total. The summed E-state index contributed by atoms with van der Waals surface area (Å²) in [7, 11) is 0. The van der Waals surface area contributed by atoms with Gasteiger partial charge in [0.25, 0.3) is 5.92 Å². The van der Waals surface area contributed by atoms with Gasteiger partial charge < -0.3 is 10.4 Å². The van der Waals surface area contributed by atoms with Crippen molar-refractivity contribution in [3.05, 3.63) is 40.7 Å². The number of aliphatic hydroxyl groups excluding tert-OH is 1. The molecule has 7 heteroatoms. The number of nitrogens with zero attached hydrogens (tertiary/aromatic N) is 1. The van der Waals surface area contributed by atoms with Crippen LogP contribution < -0.4 is 5.32 Å². The molecule has 0 saturated carbocycles. The van der Waals surface area contributed by atoms with Crippen molar-refractivity contribution in [2.24, 2.45) is 5.11 Å². The van der Waals surface area contributed by atoms with E-state index in [0.717, 1.165) is 6.92 Å². The van der Waals surface area contributed by atoms with E-state index in [1.54, 1.807) is 0 Å². The van der Waals surface area contributed by atoms with Gasteiger partial charge in [0, 0.05) is 29.4 Å². The lowest BCUT2D eigenvalue weighted by Crippen LogP contribution is -2.08. The van der Waals surface area contributed by atoms with Gasteiger partial charge >= 0.3 is 0 Å². The van der Waals surface area contributed by atoms with E-state index in [2.05, 4.69) is 10.4 Å². The van der Waals surface area contributed by atoms with E-state index in [-0.39, 0.29) is 16.3 Å². The molecule has 0 bridgehead atoms. The van der Waals surface area contributed by atoms with E-state index in [9.17, 15) is 8.78 Å². The van der Waals surface area contributed by atoms with Crippen molar-refractivity contribution in [2.45, 2.75) is 12.8 Å². The number of hydrogen-bond acceptors (Lipinski definition) is 4. The van der Waals surface area contributed by atoms with Gasteiger partial charge in [0.2, 0.25) is 0 Å². The summed E-state index contributed by atoms with van der Waals surface area (Å²) >= 11 is 5.69. The normalized spacial score (nSPS) is 12.4. The van der Waals surface area contributed by atoms with Crippen molar-refractivity contribution in [3.8, 4) is 0 Å². The number of halogens is 3. The maximum absolute atomic E-state index is 13.2. The van der Waals surface area contributed by atoms with Crippen LogP contribution in [0.3, 0.4) is 0 Å². The fourth-order valence-electron chi connectivity index (χ4n) is 1.23. The molecule has 0 fully saturated rings. The molecule has 0 aliphatic rings.